The number of nitrogens with zero attached hydrogens (tertiary/aromatic N) is 1. The van der Waals surface area contributed by atoms with Crippen LogP contribution in [0.25, 0.3) is 0 Å². The summed E-state index contributed by atoms with van der Waals surface area (Å²) < 4.78 is 18.0. The third-order valence-electron chi connectivity index (χ3n) is 14.8. The van der Waals surface area contributed by atoms with E-state index in [1.54, 1.807) is 0 Å². The van der Waals surface area contributed by atoms with Crippen molar-refractivity contribution < 1.29 is 28.6 Å². The summed E-state index contributed by atoms with van der Waals surface area (Å²) in [7, 11) is 4.07. The van der Waals surface area contributed by atoms with Crippen LogP contribution in [0.4, 0.5) is 0 Å². The number of unbranched alkanes of at least 4 members (excludes halogenated alkanes) is 12. The highest BCUT2D eigenvalue weighted by Crippen LogP contribution is 2.64. The molecule has 0 N–H and O–H groups in total. The van der Waals surface area contributed by atoms with E-state index in [2.05, 4.69) is 25.7 Å². The van der Waals surface area contributed by atoms with Crippen molar-refractivity contribution in [2.24, 2.45) is 47.3 Å². The van der Waals surface area contributed by atoms with Gasteiger partial charge >= 0.3 is 17.9 Å². The highest BCUT2D eigenvalue weighted by Gasteiger charge is 2.61. The first-order valence-corrected chi connectivity index (χ1v) is 24.9. The van der Waals surface area contributed by atoms with Gasteiger partial charge in [0.2, 0.25) is 0 Å². The monoisotopic (exact) mass is 800 g/mol. The Morgan fingerprint density at radius 2 is 1.04 bits per heavy atom. The maximum Gasteiger partial charge on any atom is 0.306 e. The average molecular weight is 800 g/mol. The maximum absolute atomic E-state index is 13.1. The Morgan fingerprint density at radius 3 is 1.61 bits per heavy atom. The first-order valence-electron chi connectivity index (χ1n) is 24.9. The lowest BCUT2D eigenvalue weighted by molar-refractivity contribution is -0.210. The van der Waals surface area contributed by atoms with Gasteiger partial charge in [-0.3, -0.25) is 14.4 Å². The van der Waals surface area contributed by atoms with Gasteiger partial charge in [-0.25, -0.2) is 0 Å². The molecular formula is C50H89NO6. The van der Waals surface area contributed by atoms with Gasteiger partial charge in [-0.15, -0.1) is 0 Å². The molecule has 5 saturated carbocycles. The fourth-order valence-electron chi connectivity index (χ4n) is 11.9. The van der Waals surface area contributed by atoms with Crippen molar-refractivity contribution in [1.29, 1.82) is 0 Å². The van der Waals surface area contributed by atoms with Crippen molar-refractivity contribution in [3.8, 4) is 0 Å². The Labute approximate surface area is 350 Å². The molecule has 330 valence electrons. The molecule has 6 bridgehead atoms. The fraction of sp³-hybridized carbons (Fsp3) is 0.940. The van der Waals surface area contributed by atoms with E-state index in [1.807, 2.05) is 14.1 Å². The number of esters is 3. The van der Waals surface area contributed by atoms with Crippen molar-refractivity contribution >= 4 is 17.9 Å². The summed E-state index contributed by atoms with van der Waals surface area (Å²) >= 11 is 0. The molecule has 5 fully saturated rings. The average Bonchev–Trinajstić information content (AvgIpc) is 3.17. The van der Waals surface area contributed by atoms with E-state index in [9.17, 15) is 14.4 Å². The van der Waals surface area contributed by atoms with Crippen molar-refractivity contribution in [2.45, 2.75) is 226 Å². The quantitative estimate of drug-likeness (QED) is 0.0371. The minimum absolute atomic E-state index is 0.0157. The SMILES string of the molecule is CCCCCC(CCCCC)CCOC(=O)CCCCCCCC(CCCCCCCC(=O)OC1C2CC3CC4C2CC(C)CC4C1C3)OC(=O)CCCN(C)C. The molecule has 0 amide bonds. The molecule has 5 atom stereocenters. The molecule has 0 saturated heterocycles. The molecule has 0 aromatic heterocycles. The molecule has 7 heteroatoms. The van der Waals surface area contributed by atoms with Crippen molar-refractivity contribution in [3.05, 3.63) is 0 Å². The molecule has 7 nitrogen and oxygen atoms in total. The van der Waals surface area contributed by atoms with E-state index in [1.165, 1.54) is 83.5 Å². The first kappa shape index (κ1) is 48.0. The molecule has 0 aliphatic heterocycles. The zero-order valence-corrected chi connectivity index (χ0v) is 37.8. The van der Waals surface area contributed by atoms with E-state index in [4.69, 9.17) is 14.2 Å². The summed E-state index contributed by atoms with van der Waals surface area (Å²) in [5.41, 5.74) is 0. The predicted molar refractivity (Wildman–Crippen MR) is 233 cm³/mol. The van der Waals surface area contributed by atoms with Crippen molar-refractivity contribution in [3.63, 3.8) is 0 Å². The van der Waals surface area contributed by atoms with Gasteiger partial charge in [0.25, 0.3) is 0 Å². The van der Waals surface area contributed by atoms with E-state index in [0.717, 1.165) is 126 Å². The third kappa shape index (κ3) is 17.5. The summed E-state index contributed by atoms with van der Waals surface area (Å²) in [6.07, 6.45) is 32.8. The molecule has 57 heavy (non-hydrogen) atoms. The Balaban J connectivity index is 1.05. The number of hydrogen-bond donors (Lipinski definition) is 0. The molecule has 0 heterocycles. The van der Waals surface area contributed by atoms with Gasteiger partial charge in [-0.1, -0.05) is 111 Å². The fourth-order valence-corrected chi connectivity index (χ4v) is 11.9. The lowest BCUT2D eigenvalue weighted by atomic mass is 9.42. The highest BCUT2D eigenvalue weighted by molar-refractivity contribution is 5.70. The van der Waals surface area contributed by atoms with Crippen LogP contribution in [0.5, 0.6) is 0 Å². The Hall–Kier alpha value is -1.63. The Bertz CT molecular complexity index is 1090. The molecule has 5 rings (SSSR count). The minimum atomic E-state index is -0.0654. The maximum atomic E-state index is 13.1. The second-order valence-corrected chi connectivity index (χ2v) is 19.9. The second-order valence-electron chi connectivity index (χ2n) is 19.9. The largest absolute Gasteiger partial charge is 0.466 e. The van der Waals surface area contributed by atoms with Gasteiger partial charge in [0.15, 0.2) is 0 Å². The summed E-state index contributed by atoms with van der Waals surface area (Å²) in [5.74, 6) is 6.19. The van der Waals surface area contributed by atoms with E-state index < -0.39 is 0 Å². The summed E-state index contributed by atoms with van der Waals surface area (Å²) in [6.45, 7) is 8.43. The summed E-state index contributed by atoms with van der Waals surface area (Å²) in [4.78, 5) is 40.3. The molecule has 0 aromatic rings. The minimum Gasteiger partial charge on any atom is -0.466 e. The molecule has 5 aliphatic rings. The number of rotatable bonds is 33. The van der Waals surface area contributed by atoms with E-state index >= 15 is 0 Å². The van der Waals surface area contributed by atoms with Gasteiger partial charge < -0.3 is 19.1 Å². The van der Waals surface area contributed by atoms with Crippen molar-refractivity contribution in [2.75, 3.05) is 27.2 Å². The molecule has 0 aromatic carbocycles. The van der Waals surface area contributed by atoms with Crippen LogP contribution < -0.4 is 0 Å². The lowest BCUT2D eigenvalue weighted by Crippen LogP contribution is -2.61. The number of carbonyl (C=O) groups excluding carboxylic acids is 3. The molecule has 5 unspecified atom stereocenters. The van der Waals surface area contributed by atoms with Crippen LogP contribution in [0.3, 0.4) is 0 Å². The van der Waals surface area contributed by atoms with Gasteiger partial charge in [0.1, 0.15) is 12.2 Å². The number of hydrogen-bond acceptors (Lipinski definition) is 7. The van der Waals surface area contributed by atoms with E-state index in [-0.39, 0.29) is 30.1 Å². The first-order chi connectivity index (χ1) is 27.7. The van der Waals surface area contributed by atoms with Crippen LogP contribution in [0.1, 0.15) is 213 Å². The van der Waals surface area contributed by atoms with Gasteiger partial charge in [-0.05, 0) is 151 Å². The van der Waals surface area contributed by atoms with Crippen LogP contribution >= 0.6 is 0 Å². The normalized spacial score (nSPS) is 26.6. The van der Waals surface area contributed by atoms with Crippen LogP contribution in [0.2, 0.25) is 0 Å². The van der Waals surface area contributed by atoms with E-state index in [0.29, 0.717) is 43.6 Å². The molecule has 0 radical (unpaired) electrons. The van der Waals surface area contributed by atoms with Crippen LogP contribution in [-0.4, -0.2) is 62.3 Å². The molecular weight excluding hydrogens is 711 g/mol. The summed E-state index contributed by atoms with van der Waals surface area (Å²) in [5, 5.41) is 0. The zero-order chi connectivity index (χ0) is 40.8. The number of carbonyl (C=O) groups is 3. The second kappa shape index (κ2) is 27.3. The third-order valence-corrected chi connectivity index (χ3v) is 14.8. The summed E-state index contributed by atoms with van der Waals surface area (Å²) in [6, 6.07) is 0. The number of ether oxygens (including phenoxy) is 3. The van der Waals surface area contributed by atoms with Crippen molar-refractivity contribution in [1.82, 2.24) is 4.90 Å². The topological polar surface area (TPSA) is 82.1 Å². The Kier molecular flexibility index (Phi) is 23.0. The van der Waals surface area contributed by atoms with Crippen LogP contribution in [0.15, 0.2) is 0 Å². The highest BCUT2D eigenvalue weighted by atomic mass is 16.5. The standard InChI is InChI=1S/C50H89NO6/c1-6-8-16-23-39(24-17-9-7-2)30-32-55-47(52)27-20-14-10-12-18-25-41(56-48(53)29-22-31-51(4)5)26-19-13-11-15-21-28-49(54)57-50-45-36-40-35-44-42(45)33-38(3)34-43(44)46(50)37-40/h38-46,50H,6-37H2,1-5H3. The predicted octanol–water partition coefficient (Wildman–Crippen LogP) is 12.7. The van der Waals surface area contributed by atoms with Gasteiger partial charge in [0.05, 0.1) is 6.61 Å². The molecule has 5 aliphatic carbocycles. The Morgan fingerprint density at radius 1 is 0.544 bits per heavy atom. The smallest absolute Gasteiger partial charge is 0.306 e. The van der Waals surface area contributed by atoms with Crippen LogP contribution in [0, 0.1) is 47.3 Å². The zero-order valence-electron chi connectivity index (χ0n) is 37.8. The molecule has 0 spiro atoms. The van der Waals surface area contributed by atoms with Crippen LogP contribution in [-0.2, 0) is 28.6 Å². The lowest BCUT2D eigenvalue weighted by Gasteiger charge is -2.64. The van der Waals surface area contributed by atoms with Gasteiger partial charge in [-0.2, -0.15) is 0 Å². The van der Waals surface area contributed by atoms with Gasteiger partial charge in [0, 0.05) is 19.3 Å².